The summed E-state index contributed by atoms with van der Waals surface area (Å²) in [5.74, 6) is 2.48. The summed E-state index contributed by atoms with van der Waals surface area (Å²) in [7, 11) is 0. The van der Waals surface area contributed by atoms with E-state index in [4.69, 9.17) is 28.4 Å². The Bertz CT molecular complexity index is 1050. The Morgan fingerprint density at radius 3 is 1.40 bits per heavy atom. The molecule has 0 aliphatic carbocycles. The smallest absolute Gasteiger partial charge is 0.202 e. The third-order valence-electron chi connectivity index (χ3n) is 6.98. The summed E-state index contributed by atoms with van der Waals surface area (Å²) < 4.78 is 33.7. The van der Waals surface area contributed by atoms with Crippen molar-refractivity contribution >= 4 is 0 Å². The lowest BCUT2D eigenvalue weighted by molar-refractivity contribution is -0.165. The fraction of sp³-hybridized carbons (Fsp3) is 0.379. The van der Waals surface area contributed by atoms with Gasteiger partial charge in [-0.2, -0.15) is 0 Å². The van der Waals surface area contributed by atoms with Crippen LogP contribution in [0.4, 0.5) is 0 Å². The van der Waals surface area contributed by atoms with Gasteiger partial charge in [0.1, 0.15) is 30.0 Å². The summed E-state index contributed by atoms with van der Waals surface area (Å²) in [6, 6.07) is 25.0. The first kappa shape index (κ1) is 22.4. The Balaban J connectivity index is 1.29. The molecule has 3 unspecified atom stereocenters. The largest absolute Gasteiger partial charge is 0.491 e. The molecule has 0 saturated carbocycles. The van der Waals surface area contributed by atoms with E-state index in [-0.39, 0.29) is 18.7 Å². The van der Waals surface area contributed by atoms with E-state index >= 15 is 0 Å². The van der Waals surface area contributed by atoms with Gasteiger partial charge in [-0.3, -0.25) is 0 Å². The zero-order valence-corrected chi connectivity index (χ0v) is 19.9. The zero-order valence-electron chi connectivity index (χ0n) is 19.9. The van der Waals surface area contributed by atoms with E-state index in [0.717, 1.165) is 61.0 Å². The topological polar surface area (TPSA) is 58.7 Å². The number of ether oxygens (including phenoxy) is 6. The van der Waals surface area contributed by atoms with Crippen molar-refractivity contribution in [2.45, 2.75) is 43.9 Å². The van der Waals surface area contributed by atoms with Crippen LogP contribution in [0, 0.1) is 0 Å². The molecule has 3 atom stereocenters. The van der Waals surface area contributed by atoms with Gasteiger partial charge in [-0.1, -0.05) is 36.4 Å². The molecule has 3 saturated heterocycles. The van der Waals surface area contributed by atoms with Crippen LogP contribution >= 0.6 is 0 Å². The number of benzene rings is 3. The summed E-state index contributed by atoms with van der Waals surface area (Å²) in [6.07, 6.45) is 1.83. The maximum atomic E-state index is 5.89. The number of hydrogen-bond acceptors (Lipinski definition) is 6. The number of epoxide rings is 1. The minimum atomic E-state index is -0.394. The van der Waals surface area contributed by atoms with Crippen LogP contribution in [0.5, 0.6) is 17.2 Å². The Morgan fingerprint density at radius 2 is 1.06 bits per heavy atom. The summed E-state index contributed by atoms with van der Waals surface area (Å²) >= 11 is 0. The van der Waals surface area contributed by atoms with Crippen molar-refractivity contribution in [2.75, 3.05) is 26.4 Å². The molecular formula is C29H30O6. The molecule has 35 heavy (non-hydrogen) atoms. The maximum absolute atomic E-state index is 5.89. The quantitative estimate of drug-likeness (QED) is 0.302. The summed E-state index contributed by atoms with van der Waals surface area (Å²) in [5.41, 5.74) is 3.10. The van der Waals surface area contributed by atoms with Crippen LogP contribution in [-0.4, -0.2) is 45.1 Å². The molecule has 3 heterocycles. The van der Waals surface area contributed by atoms with Gasteiger partial charge in [0.15, 0.2) is 0 Å². The molecule has 0 N–H and O–H groups in total. The van der Waals surface area contributed by atoms with E-state index in [2.05, 4.69) is 43.3 Å². The molecule has 0 amide bonds. The van der Waals surface area contributed by atoms with Crippen molar-refractivity contribution in [2.24, 2.45) is 0 Å². The van der Waals surface area contributed by atoms with Crippen molar-refractivity contribution in [1.82, 2.24) is 0 Å². The molecule has 0 radical (unpaired) electrons. The molecule has 0 bridgehead atoms. The van der Waals surface area contributed by atoms with Crippen LogP contribution < -0.4 is 14.2 Å². The first-order valence-electron chi connectivity index (χ1n) is 12.3. The molecule has 6 nitrogen and oxygen atoms in total. The third kappa shape index (κ3) is 4.87. The highest BCUT2D eigenvalue weighted by Crippen LogP contribution is 2.41. The molecule has 0 spiro atoms. The van der Waals surface area contributed by atoms with E-state index in [1.807, 2.05) is 36.4 Å². The first-order chi connectivity index (χ1) is 17.2. The van der Waals surface area contributed by atoms with Gasteiger partial charge in [-0.15, -0.1) is 0 Å². The van der Waals surface area contributed by atoms with Crippen LogP contribution in [0.2, 0.25) is 0 Å². The molecule has 6 rings (SSSR count). The van der Waals surface area contributed by atoms with Crippen LogP contribution in [0.25, 0.3) is 0 Å². The Hall–Kier alpha value is -3.06. The van der Waals surface area contributed by atoms with Crippen molar-refractivity contribution in [3.8, 4) is 17.2 Å². The highest BCUT2D eigenvalue weighted by atomic mass is 16.7. The van der Waals surface area contributed by atoms with Gasteiger partial charge in [0.2, 0.25) is 12.6 Å². The van der Waals surface area contributed by atoms with Crippen LogP contribution in [0.1, 0.15) is 36.5 Å². The predicted molar refractivity (Wildman–Crippen MR) is 130 cm³/mol. The van der Waals surface area contributed by atoms with Crippen molar-refractivity contribution in [1.29, 1.82) is 0 Å². The lowest BCUT2D eigenvalue weighted by Crippen LogP contribution is -2.32. The van der Waals surface area contributed by atoms with Crippen molar-refractivity contribution < 1.29 is 28.4 Å². The highest BCUT2D eigenvalue weighted by Gasteiger charge is 2.32. The van der Waals surface area contributed by atoms with E-state index in [9.17, 15) is 0 Å². The average molecular weight is 475 g/mol. The summed E-state index contributed by atoms with van der Waals surface area (Å²) in [4.78, 5) is 0. The van der Waals surface area contributed by atoms with Gasteiger partial charge in [0.05, 0.1) is 19.8 Å². The molecule has 6 heteroatoms. The molecule has 0 aromatic heterocycles. The standard InChI is InChI=1S/C29H30O6/c1-29(20-2-8-23(9-3-20)32-18-26-19-33-26,21-4-10-24(11-5-21)34-27-14-16-30-27)22-6-12-25(13-7-22)35-28-15-17-31-28/h2-13,26-28H,14-19H2,1H3. The van der Waals surface area contributed by atoms with Crippen LogP contribution in [0.15, 0.2) is 72.8 Å². The second kappa shape index (κ2) is 9.53. The van der Waals surface area contributed by atoms with Crippen LogP contribution in [-0.2, 0) is 19.6 Å². The van der Waals surface area contributed by atoms with E-state index in [0.29, 0.717) is 6.61 Å². The number of hydrogen-bond donors (Lipinski definition) is 0. The first-order valence-corrected chi connectivity index (χ1v) is 12.3. The number of rotatable bonds is 10. The van der Waals surface area contributed by atoms with Gasteiger partial charge < -0.3 is 28.4 Å². The fourth-order valence-electron chi connectivity index (χ4n) is 4.39. The molecule has 3 fully saturated rings. The third-order valence-corrected chi connectivity index (χ3v) is 6.98. The lowest BCUT2D eigenvalue weighted by Gasteiger charge is -2.33. The van der Waals surface area contributed by atoms with Gasteiger partial charge in [0, 0.05) is 18.3 Å². The Labute approximate surface area is 205 Å². The Morgan fingerprint density at radius 1 is 0.657 bits per heavy atom. The lowest BCUT2D eigenvalue weighted by atomic mass is 9.71. The normalized spacial score (nSPS) is 24.4. The monoisotopic (exact) mass is 474 g/mol. The molecule has 3 aliphatic rings. The fourth-order valence-corrected chi connectivity index (χ4v) is 4.39. The predicted octanol–water partition coefficient (Wildman–Crippen LogP) is 5.07. The minimum Gasteiger partial charge on any atom is -0.491 e. The van der Waals surface area contributed by atoms with E-state index < -0.39 is 5.41 Å². The summed E-state index contributed by atoms with van der Waals surface area (Å²) in [6.45, 7) is 5.16. The average Bonchev–Trinajstić information content (AvgIpc) is 3.68. The van der Waals surface area contributed by atoms with Gasteiger partial charge in [0.25, 0.3) is 0 Å². The van der Waals surface area contributed by atoms with E-state index in [1.165, 1.54) is 5.56 Å². The summed E-state index contributed by atoms with van der Waals surface area (Å²) in [5, 5.41) is 0. The zero-order chi connectivity index (χ0) is 23.7. The van der Waals surface area contributed by atoms with Gasteiger partial charge in [-0.05, 0) is 60.0 Å². The van der Waals surface area contributed by atoms with Crippen molar-refractivity contribution in [3.63, 3.8) is 0 Å². The van der Waals surface area contributed by atoms with Gasteiger partial charge >= 0.3 is 0 Å². The minimum absolute atomic E-state index is 0.131. The second-order valence-corrected chi connectivity index (χ2v) is 9.38. The molecule has 3 aromatic rings. The van der Waals surface area contributed by atoms with E-state index in [1.54, 1.807) is 0 Å². The van der Waals surface area contributed by atoms with Crippen LogP contribution in [0.3, 0.4) is 0 Å². The second-order valence-electron chi connectivity index (χ2n) is 9.38. The van der Waals surface area contributed by atoms with Gasteiger partial charge in [-0.25, -0.2) is 0 Å². The molecule has 182 valence electrons. The van der Waals surface area contributed by atoms with Crippen molar-refractivity contribution in [3.05, 3.63) is 89.5 Å². The molecular weight excluding hydrogens is 444 g/mol. The Kier molecular flexibility index (Phi) is 6.10. The highest BCUT2D eigenvalue weighted by molar-refractivity contribution is 5.52. The molecule has 3 aromatic carbocycles. The SMILES string of the molecule is CC(c1ccc(OCC2CO2)cc1)(c1ccc(OC2CCO2)cc1)c1ccc(OC2CCO2)cc1. The molecule has 3 aliphatic heterocycles. The maximum Gasteiger partial charge on any atom is 0.202 e.